The van der Waals surface area contributed by atoms with Crippen LogP contribution in [0.2, 0.25) is 10.3 Å². The van der Waals surface area contributed by atoms with Crippen LogP contribution in [0.5, 0.6) is 17.2 Å². The van der Waals surface area contributed by atoms with Gasteiger partial charge in [0, 0.05) is 5.56 Å². The Labute approximate surface area is 140 Å². The van der Waals surface area contributed by atoms with Gasteiger partial charge in [-0.25, -0.2) is 9.97 Å². The van der Waals surface area contributed by atoms with E-state index in [2.05, 4.69) is 25.9 Å². The summed E-state index contributed by atoms with van der Waals surface area (Å²) in [7, 11) is 4.59. The zero-order valence-corrected chi connectivity index (χ0v) is 14.5. The minimum Gasteiger partial charge on any atom is -0.493 e. The van der Waals surface area contributed by atoms with Crippen LogP contribution in [0.15, 0.2) is 16.6 Å². The van der Waals surface area contributed by atoms with Crippen LogP contribution in [0, 0.1) is 0 Å². The molecule has 0 aliphatic carbocycles. The molecule has 1 aromatic carbocycles. The zero-order valence-electron chi connectivity index (χ0n) is 11.4. The van der Waals surface area contributed by atoms with Gasteiger partial charge in [0.15, 0.2) is 17.3 Å². The van der Waals surface area contributed by atoms with Crippen LogP contribution >= 0.6 is 39.1 Å². The molecular weight excluding hydrogens is 383 g/mol. The van der Waals surface area contributed by atoms with Gasteiger partial charge in [0.1, 0.15) is 10.3 Å². The molecule has 1 heterocycles. The first-order valence-corrected chi connectivity index (χ1v) is 7.25. The summed E-state index contributed by atoms with van der Waals surface area (Å²) >= 11 is 15.2. The SMILES string of the molecule is COc1cc(-c2nc(Cl)c(Br)c(Cl)n2)cc(OC)c1OC. The third-order valence-electron chi connectivity index (χ3n) is 2.69. The van der Waals surface area contributed by atoms with Crippen molar-refractivity contribution in [2.24, 2.45) is 0 Å². The number of nitrogens with zero attached hydrogens (tertiary/aromatic N) is 2. The van der Waals surface area contributed by atoms with Crippen molar-refractivity contribution in [2.75, 3.05) is 21.3 Å². The second-order valence-electron chi connectivity index (χ2n) is 3.86. The van der Waals surface area contributed by atoms with E-state index in [0.717, 1.165) is 0 Å². The molecular formula is C13H11BrCl2N2O3. The molecule has 0 fully saturated rings. The number of benzene rings is 1. The Morgan fingerprint density at radius 1 is 0.905 bits per heavy atom. The number of rotatable bonds is 4. The molecule has 0 unspecified atom stereocenters. The lowest BCUT2D eigenvalue weighted by Gasteiger charge is -2.14. The molecule has 0 atom stereocenters. The maximum atomic E-state index is 6.01. The Morgan fingerprint density at radius 2 is 1.38 bits per heavy atom. The fourth-order valence-electron chi connectivity index (χ4n) is 1.73. The molecule has 5 nitrogen and oxygen atoms in total. The molecule has 2 aromatic rings. The lowest BCUT2D eigenvalue weighted by Crippen LogP contribution is -1.98. The lowest BCUT2D eigenvalue weighted by atomic mass is 10.1. The number of aromatic nitrogens is 2. The van der Waals surface area contributed by atoms with Gasteiger partial charge in [0.05, 0.1) is 25.8 Å². The van der Waals surface area contributed by atoms with Crippen molar-refractivity contribution in [3.8, 4) is 28.6 Å². The second-order valence-corrected chi connectivity index (χ2v) is 5.37. The minimum atomic E-state index is 0.221. The van der Waals surface area contributed by atoms with Crippen molar-refractivity contribution in [2.45, 2.75) is 0 Å². The summed E-state index contributed by atoms with van der Waals surface area (Å²) < 4.78 is 16.3. The molecule has 0 aliphatic heterocycles. The molecule has 0 amide bonds. The number of hydrogen-bond donors (Lipinski definition) is 0. The van der Waals surface area contributed by atoms with Crippen LogP contribution in [0.4, 0.5) is 0 Å². The summed E-state index contributed by atoms with van der Waals surface area (Å²) in [6.45, 7) is 0. The molecule has 0 saturated carbocycles. The predicted octanol–water partition coefficient (Wildman–Crippen LogP) is 4.24. The molecule has 21 heavy (non-hydrogen) atoms. The Morgan fingerprint density at radius 3 is 1.76 bits per heavy atom. The summed E-state index contributed by atoms with van der Waals surface area (Å²) in [6.07, 6.45) is 0. The third kappa shape index (κ3) is 3.17. The molecule has 0 bridgehead atoms. The van der Waals surface area contributed by atoms with E-state index in [-0.39, 0.29) is 10.3 Å². The van der Waals surface area contributed by atoms with E-state index in [9.17, 15) is 0 Å². The molecule has 0 spiro atoms. The first-order chi connectivity index (χ1) is 10.0. The maximum absolute atomic E-state index is 6.01. The van der Waals surface area contributed by atoms with E-state index in [1.54, 1.807) is 12.1 Å². The van der Waals surface area contributed by atoms with E-state index < -0.39 is 0 Å². The highest BCUT2D eigenvalue weighted by atomic mass is 79.9. The summed E-state index contributed by atoms with van der Waals surface area (Å²) in [5, 5.41) is 0.442. The van der Waals surface area contributed by atoms with Gasteiger partial charge in [-0.05, 0) is 28.1 Å². The average molecular weight is 394 g/mol. The molecule has 8 heteroatoms. The molecule has 0 N–H and O–H groups in total. The summed E-state index contributed by atoms with van der Waals surface area (Å²) in [6, 6.07) is 3.44. The number of hydrogen-bond acceptors (Lipinski definition) is 5. The third-order valence-corrected chi connectivity index (χ3v) is 4.45. The van der Waals surface area contributed by atoms with Gasteiger partial charge in [0.2, 0.25) is 5.75 Å². The van der Waals surface area contributed by atoms with Crippen molar-refractivity contribution in [3.05, 3.63) is 26.9 Å². The van der Waals surface area contributed by atoms with Crippen molar-refractivity contribution < 1.29 is 14.2 Å². The largest absolute Gasteiger partial charge is 0.493 e. The normalized spacial score (nSPS) is 10.4. The first-order valence-electron chi connectivity index (χ1n) is 5.70. The van der Waals surface area contributed by atoms with Crippen molar-refractivity contribution in [1.29, 1.82) is 0 Å². The van der Waals surface area contributed by atoms with Crippen LogP contribution in [0.3, 0.4) is 0 Å². The van der Waals surface area contributed by atoms with E-state index in [0.29, 0.717) is 33.1 Å². The maximum Gasteiger partial charge on any atom is 0.203 e. The summed E-state index contributed by atoms with van der Waals surface area (Å²) in [5.74, 6) is 1.82. The Kier molecular flexibility index (Phi) is 5.13. The number of ether oxygens (including phenoxy) is 3. The van der Waals surface area contributed by atoms with Gasteiger partial charge >= 0.3 is 0 Å². The van der Waals surface area contributed by atoms with Gasteiger partial charge < -0.3 is 14.2 Å². The standard InChI is InChI=1S/C13H11BrCl2N2O3/c1-19-7-4-6(5-8(20-2)10(7)21-3)13-17-11(15)9(14)12(16)18-13/h4-5H,1-3H3. The van der Waals surface area contributed by atoms with E-state index in [1.165, 1.54) is 21.3 Å². The van der Waals surface area contributed by atoms with Gasteiger partial charge in [-0.1, -0.05) is 23.2 Å². The van der Waals surface area contributed by atoms with Gasteiger partial charge in [0.25, 0.3) is 0 Å². The van der Waals surface area contributed by atoms with Crippen molar-refractivity contribution in [3.63, 3.8) is 0 Å². The molecule has 1 aromatic heterocycles. The van der Waals surface area contributed by atoms with Crippen LogP contribution in [0.1, 0.15) is 0 Å². The van der Waals surface area contributed by atoms with Gasteiger partial charge in [-0.15, -0.1) is 0 Å². The van der Waals surface area contributed by atoms with E-state index >= 15 is 0 Å². The van der Waals surface area contributed by atoms with Crippen LogP contribution in [0.25, 0.3) is 11.4 Å². The molecule has 0 radical (unpaired) electrons. The molecule has 2 rings (SSSR count). The first kappa shape index (κ1) is 16.1. The molecule has 0 aliphatic rings. The van der Waals surface area contributed by atoms with Gasteiger partial charge in [-0.3, -0.25) is 0 Å². The quantitative estimate of drug-likeness (QED) is 0.727. The number of halogens is 3. The van der Waals surface area contributed by atoms with Crippen LogP contribution in [-0.4, -0.2) is 31.3 Å². The van der Waals surface area contributed by atoms with Crippen molar-refractivity contribution >= 4 is 39.1 Å². The highest BCUT2D eigenvalue weighted by Crippen LogP contribution is 2.41. The Hall–Kier alpha value is -1.24. The summed E-state index contributed by atoms with van der Waals surface area (Å²) in [4.78, 5) is 8.36. The van der Waals surface area contributed by atoms with Crippen molar-refractivity contribution in [1.82, 2.24) is 9.97 Å². The second kappa shape index (κ2) is 6.68. The van der Waals surface area contributed by atoms with Crippen LogP contribution < -0.4 is 14.2 Å². The molecule has 0 saturated heterocycles. The van der Waals surface area contributed by atoms with Gasteiger partial charge in [-0.2, -0.15) is 0 Å². The average Bonchev–Trinajstić information content (AvgIpc) is 2.50. The summed E-state index contributed by atoms with van der Waals surface area (Å²) in [5.41, 5.74) is 0.640. The fourth-order valence-corrected chi connectivity index (χ4v) is 2.30. The Balaban J connectivity index is 2.64. The topological polar surface area (TPSA) is 53.5 Å². The van der Waals surface area contributed by atoms with E-state index in [4.69, 9.17) is 37.4 Å². The predicted molar refractivity (Wildman–Crippen MR) is 84.8 cm³/mol. The minimum absolute atomic E-state index is 0.221. The monoisotopic (exact) mass is 392 g/mol. The highest BCUT2D eigenvalue weighted by Gasteiger charge is 2.17. The smallest absolute Gasteiger partial charge is 0.203 e. The Bertz CT molecular complexity index is 634. The highest BCUT2D eigenvalue weighted by molar-refractivity contribution is 9.10. The molecule has 112 valence electrons. The number of methoxy groups -OCH3 is 3. The van der Waals surface area contributed by atoms with E-state index in [1.807, 2.05) is 0 Å². The lowest BCUT2D eigenvalue weighted by molar-refractivity contribution is 0.324. The zero-order chi connectivity index (χ0) is 15.6. The fraction of sp³-hybridized carbons (Fsp3) is 0.231. The van der Waals surface area contributed by atoms with Crippen LogP contribution in [-0.2, 0) is 0 Å².